The van der Waals surface area contributed by atoms with Gasteiger partial charge in [0, 0.05) is 10.7 Å². The average Bonchev–Trinajstić information content (AvgIpc) is 3.07. The molecule has 1 aromatic heterocycles. The first-order valence-electron chi connectivity index (χ1n) is 10.6. The first-order valence-corrected chi connectivity index (χ1v) is 11.8. The number of benzene rings is 3. The number of thioether (sulfide) groups is 1. The standard InChI is InChI=1S/C26H26ClN3OS/c1-16-12-17(2)24(18(3)13-16)29-25(31)19(4)32-26-28-22-14-21(27)10-11-23(22)30(26)15-20-8-6-5-7-9-20/h5-14,19H,15H2,1-4H3,(H,29,31)/t19-/m0/s1. The van der Waals surface area contributed by atoms with Crippen LogP contribution in [0.4, 0.5) is 5.69 Å². The molecule has 164 valence electrons. The number of aryl methyl sites for hydroxylation is 3. The number of rotatable bonds is 6. The highest BCUT2D eigenvalue weighted by molar-refractivity contribution is 8.00. The van der Waals surface area contributed by atoms with Crippen molar-refractivity contribution in [3.8, 4) is 0 Å². The van der Waals surface area contributed by atoms with Gasteiger partial charge in [0.05, 0.1) is 22.8 Å². The molecular formula is C26H26ClN3OS. The molecule has 0 aliphatic heterocycles. The minimum Gasteiger partial charge on any atom is -0.325 e. The topological polar surface area (TPSA) is 46.9 Å². The van der Waals surface area contributed by atoms with Gasteiger partial charge >= 0.3 is 0 Å². The fraction of sp³-hybridized carbons (Fsp3) is 0.231. The van der Waals surface area contributed by atoms with E-state index in [0.29, 0.717) is 11.6 Å². The number of fused-ring (bicyclic) bond motifs is 1. The third-order valence-corrected chi connectivity index (χ3v) is 6.76. The summed E-state index contributed by atoms with van der Waals surface area (Å²) in [7, 11) is 0. The Kier molecular flexibility index (Phi) is 6.58. The zero-order chi connectivity index (χ0) is 22.8. The second-order valence-corrected chi connectivity index (χ2v) is 9.87. The fourth-order valence-electron chi connectivity index (χ4n) is 3.90. The van der Waals surface area contributed by atoms with Crippen LogP contribution in [0.5, 0.6) is 0 Å². The van der Waals surface area contributed by atoms with Gasteiger partial charge in [-0.05, 0) is 62.6 Å². The Bertz CT molecular complexity index is 1260. The van der Waals surface area contributed by atoms with E-state index >= 15 is 0 Å². The van der Waals surface area contributed by atoms with Gasteiger partial charge in [-0.15, -0.1) is 0 Å². The molecule has 0 aliphatic carbocycles. The lowest BCUT2D eigenvalue weighted by Gasteiger charge is -2.16. The Hall–Kier alpha value is -2.76. The van der Waals surface area contributed by atoms with Crippen molar-refractivity contribution in [3.05, 3.63) is 87.9 Å². The van der Waals surface area contributed by atoms with Crippen molar-refractivity contribution in [1.29, 1.82) is 0 Å². The van der Waals surface area contributed by atoms with E-state index in [1.54, 1.807) is 0 Å². The third kappa shape index (κ3) is 4.84. The van der Waals surface area contributed by atoms with E-state index in [1.165, 1.54) is 22.9 Å². The monoisotopic (exact) mass is 463 g/mol. The van der Waals surface area contributed by atoms with Crippen molar-refractivity contribution in [3.63, 3.8) is 0 Å². The normalized spacial score (nSPS) is 12.2. The Morgan fingerprint density at radius 2 is 1.75 bits per heavy atom. The number of amides is 1. The van der Waals surface area contributed by atoms with Crippen LogP contribution in [0.15, 0.2) is 65.8 Å². The van der Waals surface area contributed by atoms with Crippen LogP contribution in [0.2, 0.25) is 5.02 Å². The van der Waals surface area contributed by atoms with Crippen LogP contribution in [-0.4, -0.2) is 20.7 Å². The van der Waals surface area contributed by atoms with Gasteiger partial charge in [0.25, 0.3) is 0 Å². The summed E-state index contributed by atoms with van der Waals surface area (Å²) in [5.74, 6) is -0.0404. The number of imidazole rings is 1. The van der Waals surface area contributed by atoms with Crippen molar-refractivity contribution in [2.75, 3.05) is 5.32 Å². The molecule has 32 heavy (non-hydrogen) atoms. The van der Waals surface area contributed by atoms with Gasteiger partial charge in [0.15, 0.2) is 5.16 Å². The summed E-state index contributed by atoms with van der Waals surface area (Å²) in [6, 6.07) is 20.2. The number of hydrogen-bond acceptors (Lipinski definition) is 3. The molecule has 1 N–H and O–H groups in total. The minimum atomic E-state index is -0.322. The molecule has 4 aromatic rings. The Labute approximate surface area is 198 Å². The summed E-state index contributed by atoms with van der Waals surface area (Å²) >= 11 is 7.67. The average molecular weight is 464 g/mol. The van der Waals surface area contributed by atoms with Gasteiger partial charge in [0.2, 0.25) is 5.91 Å². The Balaban J connectivity index is 1.61. The maximum atomic E-state index is 13.1. The molecular weight excluding hydrogens is 438 g/mol. The second kappa shape index (κ2) is 9.39. The molecule has 3 aromatic carbocycles. The van der Waals surface area contributed by atoms with Crippen molar-refractivity contribution < 1.29 is 4.79 Å². The van der Waals surface area contributed by atoms with Gasteiger partial charge in [-0.1, -0.05) is 71.4 Å². The molecule has 0 spiro atoms. The minimum absolute atomic E-state index is 0.0404. The first kappa shape index (κ1) is 22.4. The zero-order valence-electron chi connectivity index (χ0n) is 18.6. The maximum Gasteiger partial charge on any atom is 0.237 e. The lowest BCUT2D eigenvalue weighted by molar-refractivity contribution is -0.115. The number of hydrogen-bond donors (Lipinski definition) is 1. The molecule has 0 saturated carbocycles. The Morgan fingerprint density at radius 3 is 2.44 bits per heavy atom. The SMILES string of the molecule is Cc1cc(C)c(NC(=O)[C@H](C)Sc2nc3cc(Cl)ccc3n2Cc2ccccc2)c(C)c1. The van der Waals surface area contributed by atoms with Gasteiger partial charge in [-0.25, -0.2) is 4.98 Å². The number of anilines is 1. The highest BCUT2D eigenvalue weighted by atomic mass is 35.5. The van der Waals surface area contributed by atoms with E-state index in [1.807, 2.05) is 57.2 Å². The van der Waals surface area contributed by atoms with Crippen molar-refractivity contribution in [1.82, 2.24) is 9.55 Å². The number of nitrogens with zero attached hydrogens (tertiary/aromatic N) is 2. The number of carbonyl (C=O) groups is 1. The van der Waals surface area contributed by atoms with Crippen LogP contribution in [0.1, 0.15) is 29.2 Å². The van der Waals surface area contributed by atoms with Gasteiger partial charge in [-0.3, -0.25) is 4.79 Å². The van der Waals surface area contributed by atoms with E-state index in [0.717, 1.165) is 33.0 Å². The summed E-state index contributed by atoms with van der Waals surface area (Å²) in [5.41, 5.74) is 7.21. The largest absolute Gasteiger partial charge is 0.325 e. The molecule has 1 atom stereocenters. The molecule has 1 amide bonds. The molecule has 0 bridgehead atoms. The highest BCUT2D eigenvalue weighted by Gasteiger charge is 2.21. The lowest BCUT2D eigenvalue weighted by Crippen LogP contribution is -2.24. The number of nitrogens with one attached hydrogen (secondary N) is 1. The second-order valence-electron chi connectivity index (χ2n) is 8.12. The van der Waals surface area contributed by atoms with Crippen LogP contribution < -0.4 is 5.32 Å². The number of aromatic nitrogens is 2. The molecule has 0 aliphatic rings. The molecule has 0 radical (unpaired) electrons. The van der Waals surface area contributed by atoms with E-state index < -0.39 is 0 Å². The van der Waals surface area contributed by atoms with Crippen LogP contribution in [0.25, 0.3) is 11.0 Å². The molecule has 0 unspecified atom stereocenters. The van der Waals surface area contributed by atoms with Crippen LogP contribution in [0, 0.1) is 20.8 Å². The molecule has 0 saturated heterocycles. The summed E-state index contributed by atoms with van der Waals surface area (Å²) in [6.45, 7) is 8.70. The van der Waals surface area contributed by atoms with Gasteiger partial charge in [-0.2, -0.15) is 0 Å². The summed E-state index contributed by atoms with van der Waals surface area (Å²) in [6.07, 6.45) is 0. The predicted molar refractivity (Wildman–Crippen MR) is 135 cm³/mol. The van der Waals surface area contributed by atoms with Gasteiger partial charge < -0.3 is 9.88 Å². The summed E-state index contributed by atoms with van der Waals surface area (Å²) in [5, 5.41) is 4.24. The molecule has 6 heteroatoms. The molecule has 4 rings (SSSR count). The summed E-state index contributed by atoms with van der Waals surface area (Å²) < 4.78 is 2.15. The van der Waals surface area contributed by atoms with Crippen molar-refractivity contribution in [2.45, 2.75) is 44.6 Å². The third-order valence-electron chi connectivity index (χ3n) is 5.44. The van der Waals surface area contributed by atoms with Gasteiger partial charge in [0.1, 0.15) is 0 Å². The van der Waals surface area contributed by atoms with Crippen LogP contribution in [0.3, 0.4) is 0 Å². The van der Waals surface area contributed by atoms with E-state index in [4.69, 9.17) is 16.6 Å². The van der Waals surface area contributed by atoms with Crippen LogP contribution in [-0.2, 0) is 11.3 Å². The highest BCUT2D eigenvalue weighted by Crippen LogP contribution is 2.31. The van der Waals surface area contributed by atoms with Crippen molar-refractivity contribution in [2.24, 2.45) is 0 Å². The quantitative estimate of drug-likeness (QED) is 0.320. The smallest absolute Gasteiger partial charge is 0.237 e. The van der Waals surface area contributed by atoms with E-state index in [2.05, 4.69) is 41.1 Å². The number of halogens is 1. The zero-order valence-corrected chi connectivity index (χ0v) is 20.2. The fourth-order valence-corrected chi connectivity index (χ4v) is 4.99. The maximum absolute atomic E-state index is 13.1. The van der Waals surface area contributed by atoms with E-state index in [9.17, 15) is 4.79 Å². The predicted octanol–water partition coefficient (Wildman–Crippen LogP) is 6.78. The molecule has 1 heterocycles. The summed E-state index contributed by atoms with van der Waals surface area (Å²) in [4.78, 5) is 17.9. The lowest BCUT2D eigenvalue weighted by atomic mass is 10.1. The van der Waals surface area contributed by atoms with Crippen molar-refractivity contribution >= 4 is 46.0 Å². The first-order chi connectivity index (χ1) is 15.3. The number of carbonyl (C=O) groups excluding carboxylic acids is 1. The Morgan fingerprint density at radius 1 is 1.06 bits per heavy atom. The molecule has 0 fully saturated rings. The van der Waals surface area contributed by atoms with E-state index in [-0.39, 0.29) is 11.2 Å². The van der Waals surface area contributed by atoms with Crippen LogP contribution >= 0.6 is 23.4 Å². The molecule has 4 nitrogen and oxygen atoms in total.